The molecular weight excluding hydrogens is 408 g/mol. The number of amides is 3. The van der Waals surface area contributed by atoms with Crippen LogP contribution in [0.4, 0.5) is 10.5 Å². The summed E-state index contributed by atoms with van der Waals surface area (Å²) in [6.07, 6.45) is 7.44. The van der Waals surface area contributed by atoms with Gasteiger partial charge in [-0.2, -0.15) is 0 Å². The van der Waals surface area contributed by atoms with Crippen molar-refractivity contribution >= 4 is 17.6 Å². The molecule has 180 valence electrons. The third-order valence-electron chi connectivity index (χ3n) is 5.77. The molecule has 2 fully saturated rings. The van der Waals surface area contributed by atoms with E-state index in [1.54, 1.807) is 18.9 Å². The number of anilines is 1. The summed E-state index contributed by atoms with van der Waals surface area (Å²) in [4.78, 5) is 25.7. The van der Waals surface area contributed by atoms with Crippen LogP contribution in [0.3, 0.4) is 0 Å². The Hall–Kier alpha value is -2.48. The van der Waals surface area contributed by atoms with Crippen LogP contribution in [0.1, 0.15) is 46.0 Å². The molecule has 1 aliphatic carbocycles. The summed E-state index contributed by atoms with van der Waals surface area (Å²) in [7, 11) is 1.62. The Morgan fingerprint density at radius 1 is 1.09 bits per heavy atom. The van der Waals surface area contributed by atoms with Crippen molar-refractivity contribution in [2.24, 2.45) is 5.92 Å². The smallest absolute Gasteiger partial charge is 0.318 e. The molecule has 8 heteroatoms. The summed E-state index contributed by atoms with van der Waals surface area (Å²) in [6, 6.07) is 6.73. The highest BCUT2D eigenvalue weighted by Crippen LogP contribution is 2.22. The number of nitrogens with zero attached hydrogens (tertiary/aromatic N) is 1. The zero-order valence-electron chi connectivity index (χ0n) is 19.8. The second-order valence-electron chi connectivity index (χ2n) is 8.46. The van der Waals surface area contributed by atoms with E-state index >= 15 is 0 Å². The molecule has 1 aliphatic heterocycles. The molecule has 3 amide bonds. The van der Waals surface area contributed by atoms with Crippen LogP contribution in [0.5, 0.6) is 5.75 Å². The molecule has 1 saturated heterocycles. The van der Waals surface area contributed by atoms with Crippen molar-refractivity contribution in [3.8, 4) is 5.75 Å². The second kappa shape index (κ2) is 14.6. The quantitative estimate of drug-likeness (QED) is 0.557. The number of urea groups is 1. The zero-order valence-corrected chi connectivity index (χ0v) is 19.8. The highest BCUT2D eigenvalue weighted by Gasteiger charge is 2.21. The maximum atomic E-state index is 12.0. The van der Waals surface area contributed by atoms with Crippen molar-refractivity contribution in [3.05, 3.63) is 24.3 Å². The maximum absolute atomic E-state index is 12.0. The lowest BCUT2D eigenvalue weighted by atomic mass is 9.91. The Bertz CT molecular complexity index is 671. The van der Waals surface area contributed by atoms with E-state index in [-0.39, 0.29) is 11.9 Å². The number of methoxy groups -OCH3 is 1. The first kappa shape index (κ1) is 25.8. The van der Waals surface area contributed by atoms with E-state index in [4.69, 9.17) is 9.47 Å². The molecule has 3 N–H and O–H groups in total. The summed E-state index contributed by atoms with van der Waals surface area (Å²) in [6.45, 7) is 7.24. The molecule has 0 aromatic heterocycles. The van der Waals surface area contributed by atoms with Crippen LogP contribution in [-0.2, 0) is 9.53 Å². The van der Waals surface area contributed by atoms with Gasteiger partial charge >= 0.3 is 6.03 Å². The molecular formula is C24H40N4O4. The van der Waals surface area contributed by atoms with Crippen LogP contribution in [0, 0.1) is 5.92 Å². The molecule has 0 bridgehead atoms. The average molecular weight is 449 g/mol. The zero-order chi connectivity index (χ0) is 23.2. The number of carbonyl (C=O) groups is 2. The van der Waals surface area contributed by atoms with E-state index in [9.17, 15) is 9.59 Å². The number of ether oxygens (including phenoxy) is 2. The van der Waals surface area contributed by atoms with Gasteiger partial charge in [0.2, 0.25) is 5.91 Å². The predicted molar refractivity (Wildman–Crippen MR) is 127 cm³/mol. The lowest BCUT2D eigenvalue weighted by Crippen LogP contribution is -2.52. The number of hydrogen-bond donors (Lipinski definition) is 3. The minimum Gasteiger partial charge on any atom is -0.497 e. The molecule has 1 aromatic rings. The van der Waals surface area contributed by atoms with Gasteiger partial charge < -0.3 is 30.3 Å². The van der Waals surface area contributed by atoms with Gasteiger partial charge in [-0.25, -0.2) is 4.79 Å². The monoisotopic (exact) mass is 448 g/mol. The first-order valence-electron chi connectivity index (χ1n) is 11.8. The minimum absolute atomic E-state index is 0.210. The average Bonchev–Trinajstić information content (AvgIpc) is 2.83. The number of carbonyl (C=O) groups excluding carboxylic acids is 2. The van der Waals surface area contributed by atoms with Crippen molar-refractivity contribution in [1.82, 2.24) is 15.5 Å². The molecule has 1 atom stereocenters. The lowest BCUT2D eigenvalue weighted by Gasteiger charge is -2.28. The van der Waals surface area contributed by atoms with Crippen molar-refractivity contribution in [1.29, 1.82) is 0 Å². The summed E-state index contributed by atoms with van der Waals surface area (Å²) in [5.74, 6) is 1.62. The first-order valence-corrected chi connectivity index (χ1v) is 11.8. The molecule has 3 rings (SSSR count). The van der Waals surface area contributed by atoms with Gasteiger partial charge in [0.15, 0.2) is 0 Å². The van der Waals surface area contributed by atoms with Gasteiger partial charge in [-0.15, -0.1) is 0 Å². The van der Waals surface area contributed by atoms with Crippen LogP contribution in [0.2, 0.25) is 0 Å². The van der Waals surface area contributed by atoms with Crippen molar-refractivity contribution in [3.63, 3.8) is 0 Å². The highest BCUT2D eigenvalue weighted by molar-refractivity contribution is 5.86. The topological polar surface area (TPSA) is 91.9 Å². The van der Waals surface area contributed by atoms with E-state index in [0.717, 1.165) is 17.4 Å². The predicted octanol–water partition coefficient (Wildman–Crippen LogP) is 3.24. The number of benzene rings is 1. The Kier molecular flexibility index (Phi) is 11.7. The molecule has 1 heterocycles. The van der Waals surface area contributed by atoms with Gasteiger partial charge in [0.1, 0.15) is 11.8 Å². The van der Waals surface area contributed by atoms with E-state index in [0.29, 0.717) is 39.4 Å². The molecule has 0 unspecified atom stereocenters. The van der Waals surface area contributed by atoms with Gasteiger partial charge in [0.05, 0.1) is 20.3 Å². The summed E-state index contributed by atoms with van der Waals surface area (Å²) >= 11 is 0. The normalized spacial score (nSPS) is 17.4. The molecule has 32 heavy (non-hydrogen) atoms. The Morgan fingerprint density at radius 3 is 2.31 bits per heavy atom. The van der Waals surface area contributed by atoms with Gasteiger partial charge in [-0.05, 0) is 37.1 Å². The van der Waals surface area contributed by atoms with Crippen molar-refractivity contribution in [2.75, 3.05) is 51.8 Å². The van der Waals surface area contributed by atoms with Gasteiger partial charge in [0.25, 0.3) is 0 Å². The Labute approximate surface area is 192 Å². The largest absolute Gasteiger partial charge is 0.497 e. The number of morpholine rings is 1. The Balaban J connectivity index is 0.000000439. The minimum atomic E-state index is -0.587. The molecule has 1 aromatic carbocycles. The molecule has 0 radical (unpaired) electrons. The van der Waals surface area contributed by atoms with Crippen LogP contribution < -0.4 is 20.7 Å². The molecule has 1 saturated carbocycles. The van der Waals surface area contributed by atoms with Crippen LogP contribution in [-0.4, -0.2) is 69.4 Å². The van der Waals surface area contributed by atoms with Gasteiger partial charge in [-0.1, -0.05) is 39.0 Å². The summed E-state index contributed by atoms with van der Waals surface area (Å²) in [5, 5.41) is 8.71. The summed E-state index contributed by atoms with van der Waals surface area (Å²) in [5.41, 5.74) is 0.948. The first-order chi connectivity index (χ1) is 15.5. The molecule has 8 nitrogen and oxygen atoms in total. The van der Waals surface area contributed by atoms with E-state index < -0.39 is 6.04 Å². The van der Waals surface area contributed by atoms with Crippen LogP contribution in [0.15, 0.2) is 24.3 Å². The van der Waals surface area contributed by atoms with E-state index in [1.807, 2.05) is 24.3 Å². The second-order valence-corrected chi connectivity index (χ2v) is 8.46. The standard InChI is InChI=1S/C17H26N4O4.C7H14/c1-13(20-17(23)21-9-11-25-12-10-21)16(22)19-8-7-18-14-3-5-15(24-2)6-4-14;1-7-5-3-2-4-6-7/h3-6,13,18H,7-12H2,1-2H3,(H,19,22)(H,20,23);7H,2-6H2,1H3/t13-;/m0./s1. The fraction of sp³-hybridized carbons (Fsp3) is 0.667. The fourth-order valence-corrected chi connectivity index (χ4v) is 3.67. The third kappa shape index (κ3) is 9.77. The van der Waals surface area contributed by atoms with Gasteiger partial charge in [0, 0.05) is 31.9 Å². The maximum Gasteiger partial charge on any atom is 0.318 e. The van der Waals surface area contributed by atoms with Gasteiger partial charge in [-0.3, -0.25) is 4.79 Å². The van der Waals surface area contributed by atoms with E-state index in [1.165, 1.54) is 32.1 Å². The lowest BCUT2D eigenvalue weighted by molar-refractivity contribution is -0.122. The number of nitrogens with one attached hydrogen (secondary N) is 3. The molecule has 0 spiro atoms. The fourth-order valence-electron chi connectivity index (χ4n) is 3.67. The van der Waals surface area contributed by atoms with Crippen molar-refractivity contribution < 1.29 is 19.1 Å². The van der Waals surface area contributed by atoms with Crippen LogP contribution in [0.25, 0.3) is 0 Å². The SMILES string of the molecule is CC1CCCCC1.COc1ccc(NCCNC(=O)[C@H](C)NC(=O)N2CCOCC2)cc1. The molecule has 2 aliphatic rings. The van der Waals surface area contributed by atoms with Crippen LogP contribution >= 0.6 is 0 Å². The Morgan fingerprint density at radius 2 is 1.75 bits per heavy atom. The number of hydrogen-bond acceptors (Lipinski definition) is 5. The number of rotatable bonds is 7. The third-order valence-corrected chi connectivity index (χ3v) is 5.77. The highest BCUT2D eigenvalue weighted by atomic mass is 16.5. The van der Waals surface area contributed by atoms with Crippen molar-refractivity contribution in [2.45, 2.75) is 52.0 Å². The van der Waals surface area contributed by atoms with E-state index in [2.05, 4.69) is 22.9 Å². The summed E-state index contributed by atoms with van der Waals surface area (Å²) < 4.78 is 10.3.